The molecule has 0 unspecified atom stereocenters. The fourth-order valence-corrected chi connectivity index (χ4v) is 1.63. The van der Waals surface area contributed by atoms with Crippen LogP contribution in [0.25, 0.3) is 5.69 Å². The van der Waals surface area contributed by atoms with E-state index < -0.39 is 0 Å². The predicted octanol–water partition coefficient (Wildman–Crippen LogP) is 2.73. The van der Waals surface area contributed by atoms with E-state index in [2.05, 4.69) is 11.2 Å². The third-order valence-corrected chi connectivity index (χ3v) is 2.38. The summed E-state index contributed by atoms with van der Waals surface area (Å²) in [5, 5.41) is 12.9. The monoisotopic (exact) mass is 241 g/mol. The van der Waals surface area contributed by atoms with Crippen molar-refractivity contribution in [3.05, 3.63) is 42.2 Å². The van der Waals surface area contributed by atoms with Crippen LogP contribution in [0.15, 0.2) is 36.5 Å². The second kappa shape index (κ2) is 5.37. The number of rotatable bonds is 4. The highest BCUT2D eigenvalue weighted by molar-refractivity contribution is 5.37. The summed E-state index contributed by atoms with van der Waals surface area (Å²) in [6.45, 7) is 3.99. The van der Waals surface area contributed by atoms with Gasteiger partial charge in [0.25, 0.3) is 0 Å². The molecule has 0 radical (unpaired) electrons. The van der Waals surface area contributed by atoms with Crippen molar-refractivity contribution in [1.82, 2.24) is 9.78 Å². The molecule has 0 amide bonds. The molecule has 0 saturated heterocycles. The second-order valence-electron chi connectivity index (χ2n) is 4.25. The van der Waals surface area contributed by atoms with Crippen LogP contribution in [0.3, 0.4) is 0 Å². The first-order valence-electron chi connectivity index (χ1n) is 5.87. The Hall–Kier alpha value is -2.28. The van der Waals surface area contributed by atoms with Crippen molar-refractivity contribution >= 4 is 0 Å². The van der Waals surface area contributed by atoms with Crippen molar-refractivity contribution in [2.45, 2.75) is 26.4 Å². The van der Waals surface area contributed by atoms with Crippen LogP contribution < -0.4 is 4.74 Å². The number of benzene rings is 1. The molecule has 1 aromatic carbocycles. The maximum Gasteiger partial charge on any atom is 0.119 e. The van der Waals surface area contributed by atoms with Crippen LogP contribution in [-0.2, 0) is 6.42 Å². The minimum absolute atomic E-state index is 0.169. The lowest BCUT2D eigenvalue weighted by Gasteiger charge is -2.10. The molecular formula is C14H15N3O. The highest BCUT2D eigenvalue weighted by Crippen LogP contribution is 2.16. The van der Waals surface area contributed by atoms with Gasteiger partial charge < -0.3 is 4.74 Å². The number of hydrogen-bond acceptors (Lipinski definition) is 3. The number of ether oxygens (including phenoxy) is 1. The van der Waals surface area contributed by atoms with Gasteiger partial charge in [0, 0.05) is 6.20 Å². The van der Waals surface area contributed by atoms with Crippen LogP contribution >= 0.6 is 0 Å². The fraction of sp³-hybridized carbons (Fsp3) is 0.286. The molecule has 2 aromatic rings. The Morgan fingerprint density at radius 3 is 2.61 bits per heavy atom. The molecule has 1 heterocycles. The first-order chi connectivity index (χ1) is 8.69. The van der Waals surface area contributed by atoms with Gasteiger partial charge in [0.05, 0.1) is 30.0 Å². The molecule has 0 spiro atoms. The summed E-state index contributed by atoms with van der Waals surface area (Å²) in [6.07, 6.45) is 2.36. The first-order valence-corrected chi connectivity index (χ1v) is 5.87. The summed E-state index contributed by atoms with van der Waals surface area (Å²) in [5.74, 6) is 0.846. The molecule has 0 aliphatic rings. The van der Waals surface area contributed by atoms with Gasteiger partial charge in [-0.1, -0.05) is 0 Å². The van der Waals surface area contributed by atoms with E-state index in [4.69, 9.17) is 10.00 Å². The zero-order valence-corrected chi connectivity index (χ0v) is 10.5. The summed E-state index contributed by atoms with van der Waals surface area (Å²) >= 11 is 0. The number of nitriles is 1. The van der Waals surface area contributed by atoms with Gasteiger partial charge in [-0.15, -0.1) is 0 Å². The zero-order valence-electron chi connectivity index (χ0n) is 10.5. The lowest BCUT2D eigenvalue weighted by Crippen LogP contribution is -2.05. The summed E-state index contributed by atoms with van der Waals surface area (Å²) in [6, 6.07) is 11.7. The van der Waals surface area contributed by atoms with Crippen LogP contribution in [0.1, 0.15) is 19.5 Å². The SMILES string of the molecule is CC(C)Oc1ccc(-n2ccc(CC#N)n2)cc1. The zero-order chi connectivity index (χ0) is 13.0. The Kier molecular flexibility index (Phi) is 3.63. The number of hydrogen-bond donors (Lipinski definition) is 0. The van der Waals surface area contributed by atoms with E-state index >= 15 is 0 Å². The summed E-state index contributed by atoms with van der Waals surface area (Å²) in [4.78, 5) is 0. The highest BCUT2D eigenvalue weighted by atomic mass is 16.5. The Bertz CT molecular complexity index is 549. The van der Waals surface area contributed by atoms with Gasteiger partial charge in [0.1, 0.15) is 5.75 Å². The van der Waals surface area contributed by atoms with Crippen molar-refractivity contribution in [3.63, 3.8) is 0 Å². The molecule has 92 valence electrons. The van der Waals surface area contributed by atoms with Crippen molar-refractivity contribution in [2.75, 3.05) is 0 Å². The molecular weight excluding hydrogens is 226 g/mol. The molecule has 4 nitrogen and oxygen atoms in total. The number of nitrogens with zero attached hydrogens (tertiary/aromatic N) is 3. The average Bonchev–Trinajstić information content (AvgIpc) is 2.78. The maximum absolute atomic E-state index is 8.60. The Morgan fingerprint density at radius 2 is 2.00 bits per heavy atom. The minimum atomic E-state index is 0.169. The van der Waals surface area contributed by atoms with E-state index in [1.54, 1.807) is 4.68 Å². The van der Waals surface area contributed by atoms with Gasteiger partial charge in [-0.25, -0.2) is 4.68 Å². The van der Waals surface area contributed by atoms with Crippen LogP contribution in [0.5, 0.6) is 5.75 Å². The van der Waals surface area contributed by atoms with Gasteiger partial charge in [0.15, 0.2) is 0 Å². The number of aromatic nitrogens is 2. The van der Waals surface area contributed by atoms with E-state index in [1.807, 2.05) is 50.4 Å². The molecule has 0 bridgehead atoms. The fourth-order valence-electron chi connectivity index (χ4n) is 1.63. The molecule has 0 aliphatic carbocycles. The lowest BCUT2D eigenvalue weighted by atomic mass is 10.3. The topological polar surface area (TPSA) is 50.8 Å². The molecule has 0 fully saturated rings. The highest BCUT2D eigenvalue weighted by Gasteiger charge is 2.02. The van der Waals surface area contributed by atoms with Crippen molar-refractivity contribution < 1.29 is 4.74 Å². The molecule has 0 atom stereocenters. The molecule has 2 rings (SSSR count). The van der Waals surface area contributed by atoms with Crippen LogP contribution in [-0.4, -0.2) is 15.9 Å². The standard InChI is InChI=1S/C14H15N3O/c1-11(2)18-14-5-3-13(4-6-14)17-10-8-12(16-17)7-9-15/h3-6,8,10-11H,7H2,1-2H3. The molecule has 18 heavy (non-hydrogen) atoms. The van der Waals surface area contributed by atoms with E-state index in [0.717, 1.165) is 17.1 Å². The van der Waals surface area contributed by atoms with E-state index in [0.29, 0.717) is 6.42 Å². The van der Waals surface area contributed by atoms with Crippen LogP contribution in [0.2, 0.25) is 0 Å². The van der Waals surface area contributed by atoms with Gasteiger partial charge in [-0.3, -0.25) is 0 Å². The van der Waals surface area contributed by atoms with Gasteiger partial charge in [-0.2, -0.15) is 10.4 Å². The van der Waals surface area contributed by atoms with Crippen molar-refractivity contribution in [2.24, 2.45) is 0 Å². The predicted molar refractivity (Wildman–Crippen MR) is 68.6 cm³/mol. The molecule has 4 heteroatoms. The Balaban J connectivity index is 2.15. The maximum atomic E-state index is 8.60. The third-order valence-electron chi connectivity index (χ3n) is 2.38. The van der Waals surface area contributed by atoms with E-state index in [9.17, 15) is 0 Å². The molecule has 1 aromatic heterocycles. The quantitative estimate of drug-likeness (QED) is 0.827. The lowest BCUT2D eigenvalue weighted by molar-refractivity contribution is 0.242. The van der Waals surface area contributed by atoms with Crippen molar-refractivity contribution in [1.29, 1.82) is 5.26 Å². The Labute approximate surface area is 106 Å². The van der Waals surface area contributed by atoms with E-state index in [1.165, 1.54) is 0 Å². The van der Waals surface area contributed by atoms with Gasteiger partial charge in [0.2, 0.25) is 0 Å². The molecule has 0 aliphatic heterocycles. The Morgan fingerprint density at radius 1 is 1.28 bits per heavy atom. The summed E-state index contributed by atoms with van der Waals surface area (Å²) < 4.78 is 7.33. The normalized spacial score (nSPS) is 10.3. The molecule has 0 N–H and O–H groups in total. The smallest absolute Gasteiger partial charge is 0.119 e. The summed E-state index contributed by atoms with van der Waals surface area (Å²) in [7, 11) is 0. The molecule has 0 saturated carbocycles. The first kappa shape index (κ1) is 12.2. The van der Waals surface area contributed by atoms with E-state index in [-0.39, 0.29) is 6.10 Å². The second-order valence-corrected chi connectivity index (χ2v) is 4.25. The largest absolute Gasteiger partial charge is 0.491 e. The van der Waals surface area contributed by atoms with Gasteiger partial charge in [-0.05, 0) is 44.2 Å². The minimum Gasteiger partial charge on any atom is -0.491 e. The van der Waals surface area contributed by atoms with Crippen LogP contribution in [0.4, 0.5) is 0 Å². The van der Waals surface area contributed by atoms with Crippen molar-refractivity contribution in [3.8, 4) is 17.5 Å². The van der Waals surface area contributed by atoms with Gasteiger partial charge >= 0.3 is 0 Å². The summed E-state index contributed by atoms with van der Waals surface area (Å²) in [5.41, 5.74) is 1.73. The van der Waals surface area contributed by atoms with Crippen LogP contribution in [0, 0.1) is 11.3 Å². The average molecular weight is 241 g/mol. The third kappa shape index (κ3) is 2.89.